The molecule has 16 heavy (non-hydrogen) atoms. The molecule has 1 amide bonds. The van der Waals surface area contributed by atoms with Crippen molar-refractivity contribution in [1.82, 2.24) is 0 Å². The van der Waals surface area contributed by atoms with Crippen LogP contribution in [0.25, 0.3) is 0 Å². The summed E-state index contributed by atoms with van der Waals surface area (Å²) in [6.45, 7) is 3.94. The first kappa shape index (κ1) is 12.5. The van der Waals surface area contributed by atoms with Crippen molar-refractivity contribution in [3.8, 4) is 5.75 Å². The molecule has 3 N–H and O–H groups in total. The van der Waals surface area contributed by atoms with Gasteiger partial charge in [-0.15, -0.1) is 0 Å². The molecule has 0 bridgehead atoms. The molecule has 88 valence electrons. The largest absolute Gasteiger partial charge is 0.497 e. The molecule has 1 aromatic rings. The SMILES string of the molecule is COc1ccc(NC(=O)C(C)(C)CN)cc1. The van der Waals surface area contributed by atoms with Crippen molar-refractivity contribution >= 4 is 11.6 Å². The van der Waals surface area contributed by atoms with E-state index in [0.29, 0.717) is 6.54 Å². The zero-order chi connectivity index (χ0) is 12.2. The molecular weight excluding hydrogens is 204 g/mol. The Morgan fingerprint density at radius 1 is 1.38 bits per heavy atom. The minimum absolute atomic E-state index is 0.0832. The molecule has 1 rings (SSSR count). The van der Waals surface area contributed by atoms with E-state index >= 15 is 0 Å². The van der Waals surface area contributed by atoms with Gasteiger partial charge < -0.3 is 15.8 Å². The number of anilines is 1. The number of benzene rings is 1. The molecule has 0 radical (unpaired) electrons. The van der Waals surface area contributed by atoms with E-state index in [1.165, 1.54) is 0 Å². The van der Waals surface area contributed by atoms with Crippen molar-refractivity contribution in [2.45, 2.75) is 13.8 Å². The molecule has 0 saturated carbocycles. The fourth-order valence-corrected chi connectivity index (χ4v) is 1.07. The lowest BCUT2D eigenvalue weighted by Gasteiger charge is -2.21. The van der Waals surface area contributed by atoms with Crippen LogP contribution in [-0.2, 0) is 4.79 Å². The summed E-state index contributed by atoms with van der Waals surface area (Å²) in [6.07, 6.45) is 0. The summed E-state index contributed by atoms with van der Waals surface area (Å²) >= 11 is 0. The lowest BCUT2D eigenvalue weighted by molar-refractivity contribution is -0.123. The van der Waals surface area contributed by atoms with Gasteiger partial charge in [0.2, 0.25) is 5.91 Å². The molecule has 4 nitrogen and oxygen atoms in total. The molecule has 0 aromatic heterocycles. The second-order valence-electron chi connectivity index (χ2n) is 4.27. The van der Waals surface area contributed by atoms with E-state index in [4.69, 9.17) is 10.5 Å². The summed E-state index contributed by atoms with van der Waals surface area (Å²) in [7, 11) is 1.60. The van der Waals surface area contributed by atoms with Gasteiger partial charge in [-0.25, -0.2) is 0 Å². The molecule has 0 aliphatic rings. The van der Waals surface area contributed by atoms with Crippen LogP contribution in [0, 0.1) is 5.41 Å². The maximum atomic E-state index is 11.8. The maximum absolute atomic E-state index is 11.8. The Morgan fingerprint density at radius 2 is 1.94 bits per heavy atom. The van der Waals surface area contributed by atoms with E-state index in [-0.39, 0.29) is 5.91 Å². The molecule has 0 saturated heterocycles. The quantitative estimate of drug-likeness (QED) is 0.813. The Morgan fingerprint density at radius 3 is 2.38 bits per heavy atom. The minimum Gasteiger partial charge on any atom is -0.497 e. The summed E-state index contributed by atoms with van der Waals surface area (Å²) in [5, 5.41) is 2.81. The molecule has 0 unspecified atom stereocenters. The normalized spacial score (nSPS) is 11.0. The lowest BCUT2D eigenvalue weighted by Crippen LogP contribution is -2.37. The van der Waals surface area contributed by atoms with Crippen LogP contribution >= 0.6 is 0 Å². The average molecular weight is 222 g/mol. The summed E-state index contributed by atoms with van der Waals surface area (Å²) in [5.74, 6) is 0.677. The van der Waals surface area contributed by atoms with Gasteiger partial charge in [0.15, 0.2) is 0 Å². The molecular formula is C12H18N2O2. The van der Waals surface area contributed by atoms with Crippen molar-refractivity contribution in [3.63, 3.8) is 0 Å². The van der Waals surface area contributed by atoms with Crippen LogP contribution in [0.4, 0.5) is 5.69 Å². The number of carbonyl (C=O) groups is 1. The van der Waals surface area contributed by atoms with Crippen LogP contribution in [-0.4, -0.2) is 19.6 Å². The molecule has 0 fully saturated rings. The maximum Gasteiger partial charge on any atom is 0.231 e. The van der Waals surface area contributed by atoms with Gasteiger partial charge in [0.05, 0.1) is 12.5 Å². The van der Waals surface area contributed by atoms with Crippen molar-refractivity contribution in [2.75, 3.05) is 19.0 Å². The third-order valence-corrected chi connectivity index (χ3v) is 2.47. The van der Waals surface area contributed by atoms with Gasteiger partial charge in [-0.3, -0.25) is 4.79 Å². The van der Waals surface area contributed by atoms with Gasteiger partial charge >= 0.3 is 0 Å². The fraction of sp³-hybridized carbons (Fsp3) is 0.417. The molecule has 0 heterocycles. The van der Waals surface area contributed by atoms with E-state index in [1.54, 1.807) is 31.4 Å². The standard InChI is InChI=1S/C12H18N2O2/c1-12(2,8-13)11(15)14-9-4-6-10(16-3)7-5-9/h4-7H,8,13H2,1-3H3,(H,14,15). The van der Waals surface area contributed by atoms with Crippen LogP contribution in [0.5, 0.6) is 5.75 Å². The predicted octanol–water partition coefficient (Wildman–Crippen LogP) is 1.62. The summed E-state index contributed by atoms with van der Waals surface area (Å²) in [4.78, 5) is 11.8. The van der Waals surface area contributed by atoms with Gasteiger partial charge in [0, 0.05) is 12.2 Å². The Bertz CT molecular complexity index is 358. The molecule has 1 aromatic carbocycles. The lowest BCUT2D eigenvalue weighted by atomic mass is 9.92. The van der Waals surface area contributed by atoms with Crippen molar-refractivity contribution in [1.29, 1.82) is 0 Å². The van der Waals surface area contributed by atoms with E-state index in [1.807, 2.05) is 13.8 Å². The minimum atomic E-state index is -0.556. The number of amides is 1. The topological polar surface area (TPSA) is 64.3 Å². The first-order chi connectivity index (χ1) is 7.49. The Balaban J connectivity index is 2.70. The number of nitrogens with two attached hydrogens (primary N) is 1. The van der Waals surface area contributed by atoms with E-state index < -0.39 is 5.41 Å². The predicted molar refractivity (Wildman–Crippen MR) is 64.5 cm³/mol. The van der Waals surface area contributed by atoms with Crippen molar-refractivity contribution in [3.05, 3.63) is 24.3 Å². The highest BCUT2D eigenvalue weighted by Gasteiger charge is 2.25. The zero-order valence-electron chi connectivity index (χ0n) is 9.91. The van der Waals surface area contributed by atoms with Crippen molar-refractivity contribution in [2.24, 2.45) is 11.1 Å². The van der Waals surface area contributed by atoms with E-state index in [9.17, 15) is 4.79 Å². The van der Waals surface area contributed by atoms with E-state index in [0.717, 1.165) is 11.4 Å². The summed E-state index contributed by atoms with van der Waals surface area (Å²) in [5.41, 5.74) is 5.71. The number of rotatable bonds is 4. The number of nitrogens with one attached hydrogen (secondary N) is 1. The number of methoxy groups -OCH3 is 1. The van der Waals surface area contributed by atoms with Gasteiger partial charge in [0.1, 0.15) is 5.75 Å². The van der Waals surface area contributed by atoms with Crippen LogP contribution in [0.15, 0.2) is 24.3 Å². The Kier molecular flexibility index (Phi) is 3.90. The zero-order valence-corrected chi connectivity index (χ0v) is 9.91. The Hall–Kier alpha value is -1.55. The van der Waals surface area contributed by atoms with Gasteiger partial charge in [0.25, 0.3) is 0 Å². The average Bonchev–Trinajstić information content (AvgIpc) is 2.30. The smallest absolute Gasteiger partial charge is 0.231 e. The van der Waals surface area contributed by atoms with Crippen molar-refractivity contribution < 1.29 is 9.53 Å². The number of ether oxygens (including phenoxy) is 1. The number of hydrogen-bond donors (Lipinski definition) is 2. The molecule has 4 heteroatoms. The number of carbonyl (C=O) groups excluding carboxylic acids is 1. The second kappa shape index (κ2) is 4.99. The molecule has 0 aliphatic heterocycles. The van der Waals surface area contributed by atoms with E-state index in [2.05, 4.69) is 5.32 Å². The fourth-order valence-electron chi connectivity index (χ4n) is 1.07. The van der Waals surface area contributed by atoms with Crippen LogP contribution in [0.2, 0.25) is 0 Å². The Labute approximate surface area is 95.8 Å². The highest BCUT2D eigenvalue weighted by atomic mass is 16.5. The highest BCUT2D eigenvalue weighted by molar-refractivity contribution is 5.94. The highest BCUT2D eigenvalue weighted by Crippen LogP contribution is 2.19. The molecule has 0 atom stereocenters. The van der Waals surface area contributed by atoms with Gasteiger partial charge in [-0.2, -0.15) is 0 Å². The van der Waals surface area contributed by atoms with Crippen LogP contribution in [0.3, 0.4) is 0 Å². The van der Waals surface area contributed by atoms with Crippen LogP contribution in [0.1, 0.15) is 13.8 Å². The summed E-state index contributed by atoms with van der Waals surface area (Å²) < 4.78 is 5.03. The molecule has 0 aliphatic carbocycles. The first-order valence-electron chi connectivity index (χ1n) is 5.15. The summed E-state index contributed by atoms with van der Waals surface area (Å²) in [6, 6.07) is 7.18. The number of hydrogen-bond acceptors (Lipinski definition) is 3. The third-order valence-electron chi connectivity index (χ3n) is 2.47. The van der Waals surface area contributed by atoms with Gasteiger partial charge in [-0.1, -0.05) is 0 Å². The molecule has 0 spiro atoms. The first-order valence-corrected chi connectivity index (χ1v) is 5.15. The van der Waals surface area contributed by atoms with Gasteiger partial charge in [-0.05, 0) is 38.1 Å². The monoisotopic (exact) mass is 222 g/mol. The second-order valence-corrected chi connectivity index (χ2v) is 4.27. The van der Waals surface area contributed by atoms with Crippen LogP contribution < -0.4 is 15.8 Å². The third kappa shape index (κ3) is 2.97.